The van der Waals surface area contributed by atoms with Gasteiger partial charge in [0.05, 0.1) is 6.04 Å². The van der Waals surface area contributed by atoms with E-state index in [0.29, 0.717) is 5.02 Å². The molecule has 0 aliphatic heterocycles. The number of rotatable bonds is 4. The van der Waals surface area contributed by atoms with Gasteiger partial charge in [0.2, 0.25) is 5.91 Å². The van der Waals surface area contributed by atoms with Crippen LogP contribution in [0.2, 0.25) is 5.02 Å². The van der Waals surface area contributed by atoms with Crippen molar-refractivity contribution in [2.75, 3.05) is 0 Å². The van der Waals surface area contributed by atoms with Crippen LogP contribution >= 0.6 is 11.6 Å². The van der Waals surface area contributed by atoms with E-state index >= 15 is 0 Å². The lowest BCUT2D eigenvalue weighted by Gasteiger charge is -2.26. The van der Waals surface area contributed by atoms with Crippen LogP contribution < -0.4 is 11.1 Å². The Balaban J connectivity index is 2.14. The lowest BCUT2D eigenvalue weighted by Crippen LogP contribution is -2.49. The molecule has 0 spiro atoms. The molecule has 2 rings (SSSR count). The third-order valence-electron chi connectivity index (χ3n) is 3.54. The first-order valence-corrected chi connectivity index (χ1v) is 7.20. The van der Waals surface area contributed by atoms with E-state index in [1.165, 1.54) is 0 Å². The van der Waals surface area contributed by atoms with E-state index in [-0.39, 0.29) is 11.9 Å². The monoisotopic (exact) mass is 302 g/mol. The molecular formula is C17H19ClN2O. The Morgan fingerprint density at radius 2 is 1.86 bits per heavy atom. The standard InChI is InChI=1S/C17H19ClN2O/c1-12(13-7-6-10-15(18)11-13)20-16(21)17(2,19)14-8-4-3-5-9-14/h3-12H,19H2,1-2H3,(H,20,21). The Morgan fingerprint density at radius 3 is 2.48 bits per heavy atom. The summed E-state index contributed by atoms with van der Waals surface area (Å²) in [5.41, 5.74) is 6.85. The minimum Gasteiger partial charge on any atom is -0.348 e. The van der Waals surface area contributed by atoms with Crippen LogP contribution in [0.15, 0.2) is 54.6 Å². The summed E-state index contributed by atoms with van der Waals surface area (Å²) in [7, 11) is 0. The van der Waals surface area contributed by atoms with Gasteiger partial charge in [-0.1, -0.05) is 54.1 Å². The average molecular weight is 303 g/mol. The fourth-order valence-electron chi connectivity index (χ4n) is 2.12. The van der Waals surface area contributed by atoms with Gasteiger partial charge in [0.1, 0.15) is 5.54 Å². The van der Waals surface area contributed by atoms with Crippen molar-refractivity contribution in [2.24, 2.45) is 5.73 Å². The lowest BCUT2D eigenvalue weighted by atomic mass is 9.91. The van der Waals surface area contributed by atoms with Gasteiger partial charge in [-0.3, -0.25) is 4.79 Å². The average Bonchev–Trinajstić information content (AvgIpc) is 2.48. The third-order valence-corrected chi connectivity index (χ3v) is 3.78. The van der Waals surface area contributed by atoms with E-state index < -0.39 is 5.54 Å². The third kappa shape index (κ3) is 3.63. The van der Waals surface area contributed by atoms with Crippen molar-refractivity contribution < 1.29 is 4.79 Å². The number of amides is 1. The van der Waals surface area contributed by atoms with Crippen LogP contribution in [0.4, 0.5) is 0 Å². The molecule has 2 aromatic rings. The number of carbonyl (C=O) groups excluding carboxylic acids is 1. The van der Waals surface area contributed by atoms with Crippen LogP contribution in [0.25, 0.3) is 0 Å². The zero-order valence-corrected chi connectivity index (χ0v) is 12.9. The number of carbonyl (C=O) groups is 1. The van der Waals surface area contributed by atoms with Crippen LogP contribution in [0.1, 0.15) is 31.0 Å². The van der Waals surface area contributed by atoms with E-state index in [9.17, 15) is 4.79 Å². The molecule has 0 saturated heterocycles. The molecule has 0 fully saturated rings. The van der Waals surface area contributed by atoms with E-state index in [0.717, 1.165) is 11.1 Å². The van der Waals surface area contributed by atoms with Crippen molar-refractivity contribution in [1.29, 1.82) is 0 Å². The Labute approximate surface area is 130 Å². The number of hydrogen-bond donors (Lipinski definition) is 2. The van der Waals surface area contributed by atoms with E-state index in [2.05, 4.69) is 5.32 Å². The van der Waals surface area contributed by atoms with Gasteiger partial charge >= 0.3 is 0 Å². The molecule has 1 amide bonds. The Bertz CT molecular complexity index is 626. The highest BCUT2D eigenvalue weighted by Gasteiger charge is 2.31. The van der Waals surface area contributed by atoms with Crippen LogP contribution in [0.3, 0.4) is 0 Å². The maximum atomic E-state index is 12.5. The molecule has 3 N–H and O–H groups in total. The summed E-state index contributed by atoms with van der Waals surface area (Å²) in [4.78, 5) is 12.5. The normalized spacial score (nSPS) is 15.0. The quantitative estimate of drug-likeness (QED) is 0.909. The van der Waals surface area contributed by atoms with Gasteiger partial charge in [-0.2, -0.15) is 0 Å². The Hall–Kier alpha value is -1.84. The highest BCUT2D eigenvalue weighted by Crippen LogP contribution is 2.21. The summed E-state index contributed by atoms with van der Waals surface area (Å²) in [5, 5.41) is 3.59. The second kappa shape index (κ2) is 6.29. The van der Waals surface area contributed by atoms with E-state index in [1.807, 2.05) is 55.5 Å². The summed E-state index contributed by atoms with van der Waals surface area (Å²) in [5.74, 6) is -0.221. The summed E-state index contributed by atoms with van der Waals surface area (Å²) in [6, 6.07) is 16.6. The van der Waals surface area contributed by atoms with Crippen molar-refractivity contribution in [1.82, 2.24) is 5.32 Å². The molecule has 0 saturated carbocycles. The van der Waals surface area contributed by atoms with Gasteiger partial charge in [0.15, 0.2) is 0 Å². The molecule has 0 aromatic heterocycles. The number of halogens is 1. The summed E-state index contributed by atoms with van der Waals surface area (Å²) < 4.78 is 0. The topological polar surface area (TPSA) is 55.1 Å². The maximum Gasteiger partial charge on any atom is 0.244 e. The summed E-state index contributed by atoms with van der Waals surface area (Å²) in [6.07, 6.45) is 0. The van der Waals surface area contributed by atoms with Crippen molar-refractivity contribution >= 4 is 17.5 Å². The molecule has 3 nitrogen and oxygen atoms in total. The fourth-order valence-corrected chi connectivity index (χ4v) is 2.32. The Kier molecular flexibility index (Phi) is 4.66. The largest absolute Gasteiger partial charge is 0.348 e. The van der Waals surface area contributed by atoms with Gasteiger partial charge in [-0.15, -0.1) is 0 Å². The smallest absolute Gasteiger partial charge is 0.244 e. The maximum absolute atomic E-state index is 12.5. The zero-order valence-electron chi connectivity index (χ0n) is 12.1. The first-order chi connectivity index (χ1) is 9.91. The number of benzene rings is 2. The van der Waals surface area contributed by atoms with Gasteiger partial charge in [-0.05, 0) is 37.1 Å². The van der Waals surface area contributed by atoms with Gasteiger partial charge < -0.3 is 11.1 Å². The molecule has 110 valence electrons. The van der Waals surface area contributed by atoms with E-state index in [4.69, 9.17) is 17.3 Å². The SMILES string of the molecule is CC(NC(=O)C(C)(N)c1ccccc1)c1cccc(Cl)c1. The van der Waals surface area contributed by atoms with Crippen LogP contribution in [0.5, 0.6) is 0 Å². The highest BCUT2D eigenvalue weighted by molar-refractivity contribution is 6.30. The van der Waals surface area contributed by atoms with Crippen molar-refractivity contribution in [3.63, 3.8) is 0 Å². The van der Waals surface area contributed by atoms with Gasteiger partial charge in [0.25, 0.3) is 0 Å². The van der Waals surface area contributed by atoms with Crippen LogP contribution in [0, 0.1) is 0 Å². The fraction of sp³-hybridized carbons (Fsp3) is 0.235. The summed E-state index contributed by atoms with van der Waals surface area (Å²) in [6.45, 7) is 3.62. The molecule has 2 atom stereocenters. The molecule has 0 bridgehead atoms. The number of hydrogen-bond acceptors (Lipinski definition) is 2. The van der Waals surface area contributed by atoms with E-state index in [1.54, 1.807) is 13.0 Å². The summed E-state index contributed by atoms with van der Waals surface area (Å²) >= 11 is 5.97. The van der Waals surface area contributed by atoms with Crippen LogP contribution in [-0.4, -0.2) is 5.91 Å². The Morgan fingerprint density at radius 1 is 1.19 bits per heavy atom. The predicted octanol–water partition coefficient (Wildman–Crippen LogP) is 3.39. The molecule has 0 heterocycles. The molecule has 0 aliphatic rings. The van der Waals surface area contributed by atoms with Gasteiger partial charge in [0, 0.05) is 5.02 Å². The predicted molar refractivity (Wildman–Crippen MR) is 86.0 cm³/mol. The lowest BCUT2D eigenvalue weighted by molar-refractivity contribution is -0.126. The molecule has 0 aliphatic carbocycles. The molecule has 4 heteroatoms. The molecule has 0 radical (unpaired) electrons. The zero-order chi connectivity index (χ0) is 15.5. The van der Waals surface area contributed by atoms with Crippen molar-refractivity contribution in [3.05, 3.63) is 70.7 Å². The van der Waals surface area contributed by atoms with Crippen molar-refractivity contribution in [2.45, 2.75) is 25.4 Å². The van der Waals surface area contributed by atoms with Crippen molar-refractivity contribution in [3.8, 4) is 0 Å². The molecular weight excluding hydrogens is 284 g/mol. The first-order valence-electron chi connectivity index (χ1n) is 6.82. The minimum absolute atomic E-state index is 0.164. The second-order valence-corrected chi connectivity index (χ2v) is 5.75. The number of nitrogens with two attached hydrogens (primary N) is 1. The first kappa shape index (κ1) is 15.5. The molecule has 21 heavy (non-hydrogen) atoms. The highest BCUT2D eigenvalue weighted by atomic mass is 35.5. The molecule has 2 aromatic carbocycles. The second-order valence-electron chi connectivity index (χ2n) is 5.32. The van der Waals surface area contributed by atoms with Crippen LogP contribution in [-0.2, 0) is 10.3 Å². The van der Waals surface area contributed by atoms with Gasteiger partial charge in [-0.25, -0.2) is 0 Å². The number of nitrogens with one attached hydrogen (secondary N) is 1. The molecule has 2 unspecified atom stereocenters. The minimum atomic E-state index is -1.08.